The van der Waals surface area contributed by atoms with Crippen molar-refractivity contribution < 1.29 is 0 Å². The van der Waals surface area contributed by atoms with Crippen LogP contribution in [0, 0.1) is 11.8 Å². The molecule has 64 valence electrons. The zero-order valence-corrected chi connectivity index (χ0v) is 7.93. The second-order valence-electron chi connectivity index (χ2n) is 2.11. The summed E-state index contributed by atoms with van der Waals surface area (Å²) in [6.45, 7) is 1.84. The SMILES string of the molecule is CC#CCCSc1nnnn1C. The van der Waals surface area contributed by atoms with Gasteiger partial charge in [0.25, 0.3) is 0 Å². The van der Waals surface area contributed by atoms with Crippen LogP contribution in [0.5, 0.6) is 0 Å². The van der Waals surface area contributed by atoms with Crippen molar-refractivity contribution in [2.45, 2.75) is 18.5 Å². The number of aromatic nitrogens is 4. The van der Waals surface area contributed by atoms with E-state index in [0.717, 1.165) is 17.3 Å². The second-order valence-corrected chi connectivity index (χ2v) is 3.17. The molecule has 0 bridgehead atoms. The number of hydrogen-bond acceptors (Lipinski definition) is 4. The molecule has 4 nitrogen and oxygen atoms in total. The molecule has 5 heteroatoms. The van der Waals surface area contributed by atoms with Crippen LogP contribution < -0.4 is 0 Å². The highest BCUT2D eigenvalue weighted by Gasteiger charge is 2.00. The van der Waals surface area contributed by atoms with E-state index in [2.05, 4.69) is 27.4 Å². The maximum atomic E-state index is 3.83. The van der Waals surface area contributed by atoms with Crippen LogP contribution in [-0.2, 0) is 7.05 Å². The Balaban J connectivity index is 2.32. The van der Waals surface area contributed by atoms with E-state index in [4.69, 9.17) is 0 Å². The first kappa shape index (κ1) is 9.07. The van der Waals surface area contributed by atoms with Gasteiger partial charge in [-0.1, -0.05) is 11.8 Å². The fraction of sp³-hybridized carbons (Fsp3) is 0.571. The Bertz CT molecular complexity index is 296. The summed E-state index contributed by atoms with van der Waals surface area (Å²) < 4.78 is 1.66. The molecule has 0 spiro atoms. The molecule has 1 heterocycles. The summed E-state index contributed by atoms with van der Waals surface area (Å²) in [6, 6.07) is 0. The minimum atomic E-state index is 0.841. The Morgan fingerprint density at radius 1 is 1.58 bits per heavy atom. The molecule has 1 rings (SSSR count). The van der Waals surface area contributed by atoms with Crippen LogP contribution in [0.15, 0.2) is 5.16 Å². The molecule has 12 heavy (non-hydrogen) atoms. The molecule has 0 atom stereocenters. The molecular weight excluding hydrogens is 172 g/mol. The van der Waals surface area contributed by atoms with Crippen molar-refractivity contribution in [3.63, 3.8) is 0 Å². The predicted octanol–water partition coefficient (Wildman–Crippen LogP) is 0.716. The van der Waals surface area contributed by atoms with Gasteiger partial charge < -0.3 is 0 Å². The first-order valence-corrected chi connectivity index (χ1v) is 4.58. The number of hydrogen-bond donors (Lipinski definition) is 0. The van der Waals surface area contributed by atoms with E-state index in [-0.39, 0.29) is 0 Å². The zero-order chi connectivity index (χ0) is 8.81. The minimum absolute atomic E-state index is 0.841. The second kappa shape index (κ2) is 4.78. The molecule has 0 aliphatic rings. The fourth-order valence-corrected chi connectivity index (χ4v) is 1.37. The highest BCUT2D eigenvalue weighted by molar-refractivity contribution is 7.99. The lowest BCUT2D eigenvalue weighted by Gasteiger charge is -1.93. The Labute approximate surface area is 75.7 Å². The maximum Gasteiger partial charge on any atom is 0.209 e. The molecule has 0 aliphatic heterocycles. The normalized spacial score (nSPS) is 9.17. The summed E-state index contributed by atoms with van der Waals surface area (Å²) in [5.74, 6) is 6.76. The summed E-state index contributed by atoms with van der Waals surface area (Å²) in [6.07, 6.45) is 0.883. The highest BCUT2D eigenvalue weighted by atomic mass is 32.2. The predicted molar refractivity (Wildman–Crippen MR) is 47.6 cm³/mol. The van der Waals surface area contributed by atoms with Gasteiger partial charge in [0.15, 0.2) is 0 Å². The molecule has 0 unspecified atom stereocenters. The molecule has 0 saturated carbocycles. The summed E-state index contributed by atoms with van der Waals surface area (Å²) >= 11 is 1.62. The Kier molecular flexibility index (Phi) is 3.61. The maximum absolute atomic E-state index is 3.83. The van der Waals surface area contributed by atoms with E-state index in [1.165, 1.54) is 0 Å². The van der Waals surface area contributed by atoms with Gasteiger partial charge in [-0.05, 0) is 17.4 Å². The summed E-state index contributed by atoms with van der Waals surface area (Å²) in [5, 5.41) is 11.9. The van der Waals surface area contributed by atoms with Crippen LogP contribution in [-0.4, -0.2) is 26.0 Å². The van der Waals surface area contributed by atoms with Crippen molar-refractivity contribution in [2.75, 3.05) is 5.75 Å². The summed E-state index contributed by atoms with van der Waals surface area (Å²) in [5.41, 5.74) is 0. The van der Waals surface area contributed by atoms with Gasteiger partial charge in [-0.15, -0.1) is 16.9 Å². The van der Waals surface area contributed by atoms with Gasteiger partial charge in [-0.25, -0.2) is 4.68 Å². The van der Waals surface area contributed by atoms with E-state index >= 15 is 0 Å². The van der Waals surface area contributed by atoms with Crippen molar-refractivity contribution in [1.82, 2.24) is 20.2 Å². The van der Waals surface area contributed by atoms with E-state index in [0.29, 0.717) is 0 Å². The smallest absolute Gasteiger partial charge is 0.209 e. The lowest BCUT2D eigenvalue weighted by molar-refractivity contribution is 0.664. The molecule has 0 N–H and O–H groups in total. The van der Waals surface area contributed by atoms with Gasteiger partial charge in [0.2, 0.25) is 5.16 Å². The van der Waals surface area contributed by atoms with Crippen LogP contribution in [0.2, 0.25) is 0 Å². The number of aryl methyl sites for hydroxylation is 1. The molecule has 0 fully saturated rings. The van der Waals surface area contributed by atoms with Gasteiger partial charge in [-0.3, -0.25) is 0 Å². The third-order valence-electron chi connectivity index (χ3n) is 1.22. The molecule has 1 aromatic rings. The fourth-order valence-electron chi connectivity index (χ4n) is 0.662. The van der Waals surface area contributed by atoms with Gasteiger partial charge >= 0.3 is 0 Å². The van der Waals surface area contributed by atoms with Gasteiger partial charge in [0.1, 0.15) is 0 Å². The summed E-state index contributed by atoms with van der Waals surface area (Å²) in [7, 11) is 1.83. The quantitative estimate of drug-likeness (QED) is 0.392. The van der Waals surface area contributed by atoms with E-state index < -0.39 is 0 Å². The third kappa shape index (κ3) is 2.55. The zero-order valence-electron chi connectivity index (χ0n) is 7.11. The number of rotatable bonds is 3. The molecular formula is C7H10N4S. The topological polar surface area (TPSA) is 43.6 Å². The lowest BCUT2D eigenvalue weighted by atomic mass is 10.5. The number of tetrazole rings is 1. The van der Waals surface area contributed by atoms with Crippen molar-refractivity contribution in [3.05, 3.63) is 0 Å². The van der Waals surface area contributed by atoms with E-state index in [1.807, 2.05) is 14.0 Å². The van der Waals surface area contributed by atoms with Crippen molar-refractivity contribution >= 4 is 11.8 Å². The monoisotopic (exact) mass is 182 g/mol. The van der Waals surface area contributed by atoms with Gasteiger partial charge in [0.05, 0.1) is 0 Å². The van der Waals surface area contributed by atoms with Crippen LogP contribution in [0.1, 0.15) is 13.3 Å². The van der Waals surface area contributed by atoms with Crippen molar-refractivity contribution in [2.24, 2.45) is 7.05 Å². The van der Waals surface area contributed by atoms with Gasteiger partial charge in [0, 0.05) is 19.2 Å². The van der Waals surface area contributed by atoms with Crippen molar-refractivity contribution in [1.29, 1.82) is 0 Å². The third-order valence-corrected chi connectivity index (χ3v) is 2.23. The van der Waals surface area contributed by atoms with Crippen LogP contribution in [0.3, 0.4) is 0 Å². The van der Waals surface area contributed by atoms with Gasteiger partial charge in [-0.2, -0.15) is 0 Å². The average Bonchev–Trinajstić information content (AvgIpc) is 2.46. The first-order chi connectivity index (χ1) is 5.84. The lowest BCUT2D eigenvalue weighted by Crippen LogP contribution is -1.93. The Morgan fingerprint density at radius 3 is 3.00 bits per heavy atom. The number of nitrogens with zero attached hydrogens (tertiary/aromatic N) is 4. The first-order valence-electron chi connectivity index (χ1n) is 3.59. The highest BCUT2D eigenvalue weighted by Crippen LogP contribution is 2.12. The van der Waals surface area contributed by atoms with E-state index in [9.17, 15) is 0 Å². The Morgan fingerprint density at radius 2 is 2.42 bits per heavy atom. The molecule has 0 saturated heterocycles. The standard InChI is InChI=1S/C7H10N4S/c1-3-4-5-6-12-7-8-9-10-11(7)2/h5-6H2,1-2H3. The summed E-state index contributed by atoms with van der Waals surface area (Å²) in [4.78, 5) is 0. The van der Waals surface area contributed by atoms with E-state index in [1.54, 1.807) is 16.4 Å². The largest absolute Gasteiger partial charge is 0.224 e. The van der Waals surface area contributed by atoms with Crippen LogP contribution in [0.4, 0.5) is 0 Å². The number of thioether (sulfide) groups is 1. The van der Waals surface area contributed by atoms with Crippen molar-refractivity contribution in [3.8, 4) is 11.8 Å². The minimum Gasteiger partial charge on any atom is -0.224 e. The van der Waals surface area contributed by atoms with Crippen LogP contribution >= 0.6 is 11.8 Å². The Hall–Kier alpha value is -1.02. The molecule has 0 aliphatic carbocycles. The molecule has 0 radical (unpaired) electrons. The molecule has 0 aromatic carbocycles. The average molecular weight is 182 g/mol. The molecule has 1 aromatic heterocycles. The van der Waals surface area contributed by atoms with Crippen LogP contribution in [0.25, 0.3) is 0 Å². The molecule has 0 amide bonds.